The fraction of sp³-hybridized carbons (Fsp3) is 0.500. The molecule has 0 N–H and O–H groups in total. The molecule has 2 rings (SSSR count). The first-order valence-electron chi connectivity index (χ1n) is 6.02. The molecule has 1 nitrogen and oxygen atoms in total. The van der Waals surface area contributed by atoms with Crippen LogP contribution in [0.1, 0.15) is 37.8 Å². The molecule has 1 aromatic carbocycles. The molecule has 0 bridgehead atoms. The molecule has 2 heteroatoms. The van der Waals surface area contributed by atoms with Crippen LogP contribution in [0.5, 0.6) is 0 Å². The van der Waals surface area contributed by atoms with Crippen LogP contribution >= 0.6 is 11.8 Å². The molecule has 0 heterocycles. The lowest BCUT2D eigenvalue weighted by Gasteiger charge is -2.10. The Morgan fingerprint density at radius 2 is 2.12 bits per heavy atom. The van der Waals surface area contributed by atoms with Crippen molar-refractivity contribution < 1.29 is 4.79 Å². The molecular formula is C14H18OS. The van der Waals surface area contributed by atoms with E-state index >= 15 is 0 Å². The maximum Gasteiger partial charge on any atom is 0.145 e. The van der Waals surface area contributed by atoms with Gasteiger partial charge in [-0.25, -0.2) is 0 Å². The highest BCUT2D eigenvalue weighted by atomic mass is 32.2. The predicted molar refractivity (Wildman–Crippen MR) is 69.1 cm³/mol. The Kier molecular flexibility index (Phi) is 3.70. The third kappa shape index (κ3) is 2.49. The minimum absolute atomic E-state index is 0.0875. The lowest BCUT2D eigenvalue weighted by atomic mass is 10.1. The summed E-state index contributed by atoms with van der Waals surface area (Å²) in [6, 6.07) is 6.66. The van der Waals surface area contributed by atoms with Crippen LogP contribution in [0.3, 0.4) is 0 Å². The number of fused-ring (bicyclic) bond motifs is 1. The molecular weight excluding hydrogens is 216 g/mol. The van der Waals surface area contributed by atoms with Crippen molar-refractivity contribution in [3.63, 3.8) is 0 Å². The van der Waals surface area contributed by atoms with Gasteiger partial charge in [0, 0.05) is 11.3 Å². The average molecular weight is 234 g/mol. The number of aryl methyl sites for hydroxylation is 2. The van der Waals surface area contributed by atoms with E-state index in [2.05, 4.69) is 18.2 Å². The van der Waals surface area contributed by atoms with Gasteiger partial charge in [-0.3, -0.25) is 4.79 Å². The van der Waals surface area contributed by atoms with Crippen molar-refractivity contribution in [3.05, 3.63) is 29.3 Å². The van der Waals surface area contributed by atoms with E-state index in [0.29, 0.717) is 12.2 Å². The summed E-state index contributed by atoms with van der Waals surface area (Å²) in [5.41, 5.74) is 2.99. The van der Waals surface area contributed by atoms with E-state index in [1.54, 1.807) is 11.8 Å². The second kappa shape index (κ2) is 5.05. The van der Waals surface area contributed by atoms with Crippen molar-refractivity contribution in [1.29, 1.82) is 0 Å². The zero-order chi connectivity index (χ0) is 11.5. The molecule has 0 saturated carbocycles. The average Bonchev–Trinajstić information content (AvgIpc) is 2.75. The first kappa shape index (κ1) is 11.7. The molecule has 0 aromatic heterocycles. The number of hydrogen-bond donors (Lipinski definition) is 0. The molecule has 0 saturated heterocycles. The van der Waals surface area contributed by atoms with Crippen molar-refractivity contribution in [1.82, 2.24) is 0 Å². The number of carbonyl (C=O) groups excluding carboxylic acids is 1. The summed E-state index contributed by atoms with van der Waals surface area (Å²) in [5.74, 6) is 0.338. The largest absolute Gasteiger partial charge is 0.298 e. The molecule has 86 valence electrons. The Bertz CT molecular complexity index is 398. The molecule has 0 fully saturated rings. The summed E-state index contributed by atoms with van der Waals surface area (Å²) >= 11 is 1.69. The number of rotatable bonds is 4. The Balaban J connectivity index is 2.08. The van der Waals surface area contributed by atoms with E-state index in [9.17, 15) is 4.79 Å². The summed E-state index contributed by atoms with van der Waals surface area (Å²) in [5, 5.41) is 0.0875. The van der Waals surface area contributed by atoms with Crippen LogP contribution in [-0.2, 0) is 17.6 Å². The molecule has 16 heavy (non-hydrogen) atoms. The zero-order valence-corrected chi connectivity index (χ0v) is 10.8. The van der Waals surface area contributed by atoms with Crippen molar-refractivity contribution >= 4 is 17.5 Å². The van der Waals surface area contributed by atoms with E-state index in [0.717, 1.165) is 0 Å². The maximum absolute atomic E-state index is 11.5. The Hall–Kier alpha value is -0.760. The second-order valence-electron chi connectivity index (χ2n) is 4.36. The summed E-state index contributed by atoms with van der Waals surface area (Å²) in [6.45, 7) is 3.94. The van der Waals surface area contributed by atoms with Crippen LogP contribution in [0.25, 0.3) is 0 Å². The number of Topliss-reactive ketones (excluding diaryl/α,β-unsaturated/α-hetero) is 1. The minimum Gasteiger partial charge on any atom is -0.298 e. The molecule has 1 atom stereocenters. The van der Waals surface area contributed by atoms with Gasteiger partial charge in [0.05, 0.1) is 5.25 Å². The lowest BCUT2D eigenvalue weighted by molar-refractivity contribution is -0.117. The quantitative estimate of drug-likeness (QED) is 0.740. The van der Waals surface area contributed by atoms with Gasteiger partial charge in [-0.2, -0.15) is 0 Å². The smallest absolute Gasteiger partial charge is 0.145 e. The fourth-order valence-electron chi connectivity index (χ4n) is 2.18. The molecule has 0 aliphatic heterocycles. The molecule has 1 unspecified atom stereocenters. The van der Waals surface area contributed by atoms with Crippen molar-refractivity contribution in [2.24, 2.45) is 0 Å². The number of thioether (sulfide) groups is 1. The SMILES string of the molecule is CCC(=O)C(C)Sc1ccc2c(c1)CCC2. The number of benzene rings is 1. The van der Waals surface area contributed by atoms with Gasteiger partial charge in [0.1, 0.15) is 5.78 Å². The summed E-state index contributed by atoms with van der Waals surface area (Å²) in [4.78, 5) is 12.8. The first-order chi connectivity index (χ1) is 7.70. The molecule has 1 aromatic rings. The van der Waals surface area contributed by atoms with Crippen LogP contribution in [-0.4, -0.2) is 11.0 Å². The number of ketones is 1. The molecule has 1 aliphatic carbocycles. The maximum atomic E-state index is 11.5. The van der Waals surface area contributed by atoms with Gasteiger partial charge in [-0.05, 0) is 49.4 Å². The molecule has 0 radical (unpaired) electrons. The zero-order valence-electron chi connectivity index (χ0n) is 9.95. The van der Waals surface area contributed by atoms with Gasteiger partial charge in [0.15, 0.2) is 0 Å². The van der Waals surface area contributed by atoms with E-state index in [1.807, 2.05) is 13.8 Å². The van der Waals surface area contributed by atoms with Crippen LogP contribution in [0.4, 0.5) is 0 Å². The first-order valence-corrected chi connectivity index (χ1v) is 6.90. The van der Waals surface area contributed by atoms with Gasteiger partial charge in [-0.15, -0.1) is 11.8 Å². The standard InChI is InChI=1S/C14H18OS/c1-3-14(15)10(2)16-13-8-7-11-5-4-6-12(11)9-13/h7-10H,3-6H2,1-2H3. The van der Waals surface area contributed by atoms with Gasteiger partial charge < -0.3 is 0 Å². The summed E-state index contributed by atoms with van der Waals surface area (Å²) in [6.07, 6.45) is 4.36. The van der Waals surface area contributed by atoms with Crippen LogP contribution in [0.15, 0.2) is 23.1 Å². The number of hydrogen-bond acceptors (Lipinski definition) is 2. The summed E-state index contributed by atoms with van der Waals surface area (Å²) < 4.78 is 0. The monoisotopic (exact) mass is 234 g/mol. The fourth-order valence-corrected chi connectivity index (χ4v) is 3.24. The van der Waals surface area contributed by atoms with Gasteiger partial charge in [0.2, 0.25) is 0 Å². The third-order valence-corrected chi connectivity index (χ3v) is 4.33. The highest BCUT2D eigenvalue weighted by Crippen LogP contribution is 2.30. The minimum atomic E-state index is 0.0875. The van der Waals surface area contributed by atoms with E-state index < -0.39 is 0 Å². The molecule has 0 amide bonds. The van der Waals surface area contributed by atoms with E-state index in [1.165, 1.54) is 35.3 Å². The topological polar surface area (TPSA) is 17.1 Å². The van der Waals surface area contributed by atoms with Crippen molar-refractivity contribution in [2.75, 3.05) is 0 Å². The molecule has 0 spiro atoms. The van der Waals surface area contributed by atoms with Crippen molar-refractivity contribution in [2.45, 2.75) is 49.7 Å². The van der Waals surface area contributed by atoms with Gasteiger partial charge >= 0.3 is 0 Å². The lowest BCUT2D eigenvalue weighted by Crippen LogP contribution is -2.11. The van der Waals surface area contributed by atoms with Crippen LogP contribution in [0.2, 0.25) is 0 Å². The molecule has 1 aliphatic rings. The third-order valence-electron chi connectivity index (χ3n) is 3.18. The van der Waals surface area contributed by atoms with Gasteiger partial charge in [-0.1, -0.05) is 13.0 Å². The van der Waals surface area contributed by atoms with E-state index in [-0.39, 0.29) is 5.25 Å². The highest BCUT2D eigenvalue weighted by Gasteiger charge is 2.15. The number of carbonyl (C=O) groups is 1. The van der Waals surface area contributed by atoms with Crippen LogP contribution < -0.4 is 0 Å². The Morgan fingerprint density at radius 3 is 2.88 bits per heavy atom. The highest BCUT2D eigenvalue weighted by molar-refractivity contribution is 8.00. The predicted octanol–water partition coefficient (Wildman–Crippen LogP) is 3.64. The summed E-state index contributed by atoms with van der Waals surface area (Å²) in [7, 11) is 0. The second-order valence-corrected chi connectivity index (χ2v) is 5.78. The van der Waals surface area contributed by atoms with Gasteiger partial charge in [0.25, 0.3) is 0 Å². The normalized spacial score (nSPS) is 15.9. The van der Waals surface area contributed by atoms with Crippen LogP contribution in [0, 0.1) is 0 Å². The Morgan fingerprint density at radius 1 is 1.38 bits per heavy atom. The van der Waals surface area contributed by atoms with Crippen molar-refractivity contribution in [3.8, 4) is 0 Å². The van der Waals surface area contributed by atoms with E-state index in [4.69, 9.17) is 0 Å². The Labute approximate surface area is 102 Å².